The first-order valence-electron chi connectivity index (χ1n) is 7.62. The highest BCUT2D eigenvalue weighted by atomic mass is 16.5. The molecule has 3 amide bonds. The van der Waals surface area contributed by atoms with Crippen LogP contribution in [-0.4, -0.2) is 18.0 Å². The molecule has 0 aliphatic rings. The minimum absolute atomic E-state index is 0.283. The fraction of sp³-hybridized carbons (Fsp3) is 0.222. The van der Waals surface area contributed by atoms with Crippen LogP contribution in [0.5, 0.6) is 11.5 Å². The molecule has 0 fully saturated rings. The number of nitrogens with one attached hydrogen (secondary N) is 2. The van der Waals surface area contributed by atoms with Gasteiger partial charge in [-0.05, 0) is 31.5 Å². The Labute approximate surface area is 141 Å². The Kier molecular flexibility index (Phi) is 5.78. The Bertz CT molecular complexity index is 731. The van der Waals surface area contributed by atoms with Crippen molar-refractivity contribution in [3.8, 4) is 11.5 Å². The predicted octanol–water partition coefficient (Wildman–Crippen LogP) is 2.46. The van der Waals surface area contributed by atoms with Crippen molar-refractivity contribution >= 4 is 11.9 Å². The maximum Gasteiger partial charge on any atom is 0.312 e. The highest BCUT2D eigenvalue weighted by Gasteiger charge is 2.14. The van der Waals surface area contributed by atoms with Crippen LogP contribution in [0.3, 0.4) is 0 Å². The standard InChI is InChI=1S/C18H21N3O3/c1-12-7-3-5-9-15(12)24-16-10-6-4-8-14(16)11-20-17(22)13(2)21-18(19)23/h3-10,13H,11H2,1-2H3,(H,20,22)(H3,19,21,23)/t13-/m0/s1. The summed E-state index contributed by atoms with van der Waals surface area (Å²) in [6.07, 6.45) is 0. The van der Waals surface area contributed by atoms with Gasteiger partial charge in [-0.3, -0.25) is 4.79 Å². The molecule has 0 spiro atoms. The van der Waals surface area contributed by atoms with Gasteiger partial charge in [0.05, 0.1) is 0 Å². The third kappa shape index (κ3) is 4.74. The van der Waals surface area contributed by atoms with Gasteiger partial charge in [-0.15, -0.1) is 0 Å². The summed E-state index contributed by atoms with van der Waals surface area (Å²) in [7, 11) is 0. The number of benzene rings is 2. The van der Waals surface area contributed by atoms with E-state index < -0.39 is 12.1 Å². The predicted molar refractivity (Wildman–Crippen MR) is 91.7 cm³/mol. The number of hydrogen-bond donors (Lipinski definition) is 3. The van der Waals surface area contributed by atoms with Gasteiger partial charge >= 0.3 is 6.03 Å². The second-order valence-electron chi connectivity index (χ2n) is 5.42. The maximum absolute atomic E-state index is 12.0. The molecule has 24 heavy (non-hydrogen) atoms. The van der Waals surface area contributed by atoms with Crippen LogP contribution < -0.4 is 21.1 Å². The Morgan fingerprint density at radius 3 is 2.38 bits per heavy atom. The Morgan fingerprint density at radius 2 is 1.71 bits per heavy atom. The summed E-state index contributed by atoms with van der Waals surface area (Å²) in [5.41, 5.74) is 6.87. The quantitative estimate of drug-likeness (QED) is 0.761. The molecule has 6 heteroatoms. The molecule has 1 atom stereocenters. The lowest BCUT2D eigenvalue weighted by Crippen LogP contribution is -2.46. The Morgan fingerprint density at radius 1 is 1.08 bits per heavy atom. The van der Waals surface area contributed by atoms with Crippen LogP contribution in [0.25, 0.3) is 0 Å². The van der Waals surface area contributed by atoms with Gasteiger partial charge in [-0.2, -0.15) is 0 Å². The van der Waals surface area contributed by atoms with E-state index in [2.05, 4.69) is 10.6 Å². The van der Waals surface area contributed by atoms with Gasteiger partial charge in [0.25, 0.3) is 0 Å². The highest BCUT2D eigenvalue weighted by molar-refractivity contribution is 5.86. The number of aryl methyl sites for hydroxylation is 1. The molecule has 0 bridgehead atoms. The zero-order valence-electron chi connectivity index (χ0n) is 13.7. The number of ether oxygens (including phenoxy) is 1. The second kappa shape index (κ2) is 8.01. The zero-order chi connectivity index (χ0) is 17.5. The van der Waals surface area contributed by atoms with Crippen LogP contribution in [0.4, 0.5) is 4.79 Å². The van der Waals surface area contributed by atoms with Crippen LogP contribution in [0.2, 0.25) is 0 Å². The van der Waals surface area contributed by atoms with Crippen molar-refractivity contribution in [2.45, 2.75) is 26.4 Å². The van der Waals surface area contributed by atoms with Gasteiger partial charge in [0.2, 0.25) is 5.91 Å². The number of primary amides is 1. The van der Waals surface area contributed by atoms with Crippen molar-refractivity contribution in [2.24, 2.45) is 5.73 Å². The molecule has 0 saturated carbocycles. The first-order valence-corrected chi connectivity index (χ1v) is 7.62. The summed E-state index contributed by atoms with van der Waals surface area (Å²) in [6, 6.07) is 13.7. The van der Waals surface area contributed by atoms with Gasteiger partial charge in [0, 0.05) is 12.1 Å². The Balaban J connectivity index is 2.05. The van der Waals surface area contributed by atoms with Crippen molar-refractivity contribution in [3.05, 3.63) is 59.7 Å². The molecule has 0 aromatic heterocycles. The molecule has 4 N–H and O–H groups in total. The molecule has 2 rings (SSSR count). The minimum Gasteiger partial charge on any atom is -0.457 e. The monoisotopic (exact) mass is 327 g/mol. The lowest BCUT2D eigenvalue weighted by molar-refractivity contribution is -0.122. The molecule has 0 aliphatic heterocycles. The number of amides is 3. The minimum atomic E-state index is -0.735. The van der Waals surface area contributed by atoms with E-state index in [4.69, 9.17) is 10.5 Å². The SMILES string of the molecule is Cc1ccccc1Oc1ccccc1CNC(=O)[C@H](C)NC(N)=O. The molecular weight excluding hydrogens is 306 g/mol. The molecule has 0 aliphatic carbocycles. The van der Waals surface area contributed by atoms with Crippen LogP contribution >= 0.6 is 0 Å². The van der Waals surface area contributed by atoms with Crippen LogP contribution in [0.15, 0.2) is 48.5 Å². The van der Waals surface area contributed by atoms with Crippen LogP contribution in [0, 0.1) is 6.92 Å². The largest absolute Gasteiger partial charge is 0.457 e. The molecule has 2 aromatic rings. The second-order valence-corrected chi connectivity index (χ2v) is 5.42. The van der Waals surface area contributed by atoms with Crippen molar-refractivity contribution < 1.29 is 14.3 Å². The van der Waals surface area contributed by atoms with Gasteiger partial charge in [-0.1, -0.05) is 36.4 Å². The van der Waals surface area contributed by atoms with Gasteiger partial charge in [-0.25, -0.2) is 4.79 Å². The average Bonchev–Trinajstić information content (AvgIpc) is 2.55. The van der Waals surface area contributed by atoms with E-state index in [0.717, 1.165) is 16.9 Å². The molecule has 0 radical (unpaired) electrons. The fourth-order valence-corrected chi connectivity index (χ4v) is 2.15. The topological polar surface area (TPSA) is 93.4 Å². The molecule has 6 nitrogen and oxygen atoms in total. The summed E-state index contributed by atoms with van der Waals surface area (Å²) in [4.78, 5) is 22.7. The Hall–Kier alpha value is -3.02. The first-order chi connectivity index (χ1) is 11.5. The lowest BCUT2D eigenvalue weighted by atomic mass is 10.2. The number of carbonyl (C=O) groups excluding carboxylic acids is 2. The third-order valence-corrected chi connectivity index (χ3v) is 3.49. The van der Waals surface area contributed by atoms with Crippen molar-refractivity contribution in [3.63, 3.8) is 0 Å². The van der Waals surface area contributed by atoms with E-state index >= 15 is 0 Å². The van der Waals surface area contributed by atoms with E-state index in [0.29, 0.717) is 5.75 Å². The van der Waals surface area contributed by atoms with Gasteiger partial charge in [0.1, 0.15) is 17.5 Å². The molecule has 126 valence electrons. The van der Waals surface area contributed by atoms with E-state index in [1.54, 1.807) is 6.92 Å². The van der Waals surface area contributed by atoms with E-state index in [9.17, 15) is 9.59 Å². The number of urea groups is 1. The molecular formula is C18H21N3O3. The first kappa shape index (κ1) is 17.3. The van der Waals surface area contributed by atoms with Gasteiger partial charge < -0.3 is 21.1 Å². The van der Waals surface area contributed by atoms with Crippen molar-refractivity contribution in [1.29, 1.82) is 0 Å². The summed E-state index contributed by atoms with van der Waals surface area (Å²) in [5.74, 6) is 1.11. The summed E-state index contributed by atoms with van der Waals surface area (Å²) < 4.78 is 5.96. The number of hydrogen-bond acceptors (Lipinski definition) is 3. The maximum atomic E-state index is 12.0. The van der Waals surface area contributed by atoms with Gasteiger partial charge in [0.15, 0.2) is 0 Å². The molecule has 0 unspecified atom stereocenters. The summed E-state index contributed by atoms with van der Waals surface area (Å²) in [6.45, 7) is 3.82. The van der Waals surface area contributed by atoms with E-state index in [1.807, 2.05) is 55.5 Å². The molecule has 2 aromatic carbocycles. The van der Waals surface area contributed by atoms with E-state index in [-0.39, 0.29) is 12.5 Å². The highest BCUT2D eigenvalue weighted by Crippen LogP contribution is 2.27. The normalized spacial score (nSPS) is 11.4. The molecule has 0 saturated heterocycles. The third-order valence-electron chi connectivity index (χ3n) is 3.49. The number of rotatable bonds is 6. The lowest BCUT2D eigenvalue weighted by Gasteiger charge is -2.15. The number of carbonyl (C=O) groups is 2. The number of nitrogens with two attached hydrogens (primary N) is 1. The number of para-hydroxylation sites is 2. The van der Waals surface area contributed by atoms with Crippen LogP contribution in [0.1, 0.15) is 18.1 Å². The molecule has 0 heterocycles. The zero-order valence-corrected chi connectivity index (χ0v) is 13.7. The summed E-state index contributed by atoms with van der Waals surface area (Å²) in [5, 5.41) is 5.09. The fourth-order valence-electron chi connectivity index (χ4n) is 2.15. The van der Waals surface area contributed by atoms with Crippen LogP contribution in [-0.2, 0) is 11.3 Å². The smallest absolute Gasteiger partial charge is 0.312 e. The van der Waals surface area contributed by atoms with E-state index in [1.165, 1.54) is 0 Å². The van der Waals surface area contributed by atoms with Crippen molar-refractivity contribution in [1.82, 2.24) is 10.6 Å². The average molecular weight is 327 g/mol. The van der Waals surface area contributed by atoms with Crippen molar-refractivity contribution in [2.75, 3.05) is 0 Å². The summed E-state index contributed by atoms with van der Waals surface area (Å²) >= 11 is 0.